The molecule has 1 aliphatic heterocycles. The van der Waals surface area contributed by atoms with Crippen LogP contribution < -0.4 is 10.6 Å². The van der Waals surface area contributed by atoms with Crippen molar-refractivity contribution in [2.24, 2.45) is 0 Å². The molecule has 1 amide bonds. The Balaban J connectivity index is 2.03. The highest BCUT2D eigenvalue weighted by atomic mass is 16.2. The third-order valence-electron chi connectivity index (χ3n) is 3.61. The molecular formula is C14H17N5O. The van der Waals surface area contributed by atoms with E-state index in [-0.39, 0.29) is 5.91 Å². The van der Waals surface area contributed by atoms with Gasteiger partial charge in [0.25, 0.3) is 0 Å². The fraction of sp³-hybridized carbons (Fsp3) is 0.357. The lowest BCUT2D eigenvalue weighted by molar-refractivity contribution is -0.127. The molecule has 1 fully saturated rings. The molecule has 0 atom stereocenters. The lowest BCUT2D eigenvalue weighted by Gasteiger charge is -2.22. The summed E-state index contributed by atoms with van der Waals surface area (Å²) in [5.74, 6) is 0.920. The first-order valence-corrected chi connectivity index (χ1v) is 6.64. The topological polar surface area (TPSA) is 75.3 Å². The van der Waals surface area contributed by atoms with E-state index in [1.807, 2.05) is 30.1 Å². The minimum atomic E-state index is 0.115. The SMILES string of the molecule is CN1CCCN(c2ncnc3cc(N)ccc23)CC1=O. The smallest absolute Gasteiger partial charge is 0.241 e. The number of rotatable bonds is 1. The van der Waals surface area contributed by atoms with Crippen LogP contribution in [-0.2, 0) is 4.79 Å². The van der Waals surface area contributed by atoms with Crippen molar-refractivity contribution in [3.8, 4) is 0 Å². The molecule has 6 nitrogen and oxygen atoms in total. The molecular weight excluding hydrogens is 254 g/mol. The number of nitrogens with two attached hydrogens (primary N) is 1. The normalized spacial score (nSPS) is 16.6. The fourth-order valence-electron chi connectivity index (χ4n) is 2.48. The zero-order valence-electron chi connectivity index (χ0n) is 11.4. The summed E-state index contributed by atoms with van der Waals surface area (Å²) in [6.07, 6.45) is 2.46. The number of anilines is 2. The monoisotopic (exact) mass is 271 g/mol. The number of aromatic nitrogens is 2. The van der Waals surface area contributed by atoms with Crippen LogP contribution in [0.25, 0.3) is 10.9 Å². The van der Waals surface area contributed by atoms with Gasteiger partial charge >= 0.3 is 0 Å². The van der Waals surface area contributed by atoms with Gasteiger partial charge in [0.1, 0.15) is 12.1 Å². The van der Waals surface area contributed by atoms with E-state index in [0.717, 1.165) is 36.2 Å². The maximum Gasteiger partial charge on any atom is 0.241 e. The maximum absolute atomic E-state index is 12.0. The summed E-state index contributed by atoms with van der Waals surface area (Å²) in [6.45, 7) is 1.95. The Morgan fingerprint density at radius 3 is 2.95 bits per heavy atom. The zero-order valence-corrected chi connectivity index (χ0v) is 11.4. The first-order valence-electron chi connectivity index (χ1n) is 6.64. The number of likely N-dealkylation sites (N-methyl/N-ethyl adjacent to an activating group) is 1. The number of hydrogen-bond acceptors (Lipinski definition) is 5. The van der Waals surface area contributed by atoms with Crippen LogP contribution in [-0.4, -0.2) is 47.5 Å². The number of amides is 1. The van der Waals surface area contributed by atoms with Gasteiger partial charge in [-0.3, -0.25) is 4.79 Å². The molecule has 1 aromatic carbocycles. The lowest BCUT2D eigenvalue weighted by atomic mass is 10.2. The molecule has 104 valence electrons. The summed E-state index contributed by atoms with van der Waals surface area (Å²) in [4.78, 5) is 24.4. The van der Waals surface area contributed by atoms with Crippen molar-refractivity contribution in [1.29, 1.82) is 0 Å². The fourth-order valence-corrected chi connectivity index (χ4v) is 2.48. The first-order chi connectivity index (χ1) is 9.65. The van der Waals surface area contributed by atoms with E-state index in [1.54, 1.807) is 4.90 Å². The number of fused-ring (bicyclic) bond motifs is 1. The highest BCUT2D eigenvalue weighted by Gasteiger charge is 2.21. The Morgan fingerprint density at radius 1 is 1.25 bits per heavy atom. The number of nitrogens with zero attached hydrogens (tertiary/aromatic N) is 4. The first kappa shape index (κ1) is 12.7. The quantitative estimate of drug-likeness (QED) is 0.779. The van der Waals surface area contributed by atoms with E-state index in [1.165, 1.54) is 6.33 Å². The van der Waals surface area contributed by atoms with Crippen molar-refractivity contribution in [3.63, 3.8) is 0 Å². The summed E-state index contributed by atoms with van der Waals surface area (Å²) < 4.78 is 0. The molecule has 2 N–H and O–H groups in total. The Kier molecular flexibility index (Phi) is 3.14. The van der Waals surface area contributed by atoms with Crippen molar-refractivity contribution in [1.82, 2.24) is 14.9 Å². The van der Waals surface area contributed by atoms with E-state index >= 15 is 0 Å². The summed E-state index contributed by atoms with van der Waals surface area (Å²) in [6, 6.07) is 5.58. The summed E-state index contributed by atoms with van der Waals surface area (Å²) in [5, 5.41) is 0.930. The van der Waals surface area contributed by atoms with E-state index in [0.29, 0.717) is 12.2 Å². The third-order valence-corrected chi connectivity index (χ3v) is 3.61. The van der Waals surface area contributed by atoms with Crippen molar-refractivity contribution in [2.45, 2.75) is 6.42 Å². The zero-order chi connectivity index (χ0) is 14.1. The van der Waals surface area contributed by atoms with Gasteiger partial charge in [-0.1, -0.05) is 0 Å². The molecule has 0 aliphatic carbocycles. The van der Waals surface area contributed by atoms with Gasteiger partial charge < -0.3 is 15.5 Å². The largest absolute Gasteiger partial charge is 0.399 e. The number of nitrogen functional groups attached to an aromatic ring is 1. The number of benzene rings is 1. The van der Waals surface area contributed by atoms with Crippen LogP contribution in [0.2, 0.25) is 0 Å². The van der Waals surface area contributed by atoms with Gasteiger partial charge in [-0.15, -0.1) is 0 Å². The molecule has 3 rings (SSSR count). The molecule has 0 radical (unpaired) electrons. The molecule has 1 saturated heterocycles. The van der Waals surface area contributed by atoms with Gasteiger partial charge in [0.15, 0.2) is 0 Å². The summed E-state index contributed by atoms with van der Waals surface area (Å²) >= 11 is 0. The Morgan fingerprint density at radius 2 is 2.10 bits per heavy atom. The second kappa shape index (κ2) is 4.96. The van der Waals surface area contributed by atoms with Gasteiger partial charge in [0, 0.05) is 31.2 Å². The molecule has 20 heavy (non-hydrogen) atoms. The standard InChI is InChI=1S/C14H17N5O/c1-18-5-2-6-19(8-13(18)20)14-11-4-3-10(15)7-12(11)16-9-17-14/h3-4,7,9H,2,5-6,8,15H2,1H3. The molecule has 0 bridgehead atoms. The van der Waals surface area contributed by atoms with Crippen LogP contribution in [0.5, 0.6) is 0 Å². The number of carbonyl (C=O) groups excluding carboxylic acids is 1. The molecule has 6 heteroatoms. The highest BCUT2D eigenvalue weighted by molar-refractivity contribution is 5.93. The van der Waals surface area contributed by atoms with Crippen molar-refractivity contribution in [3.05, 3.63) is 24.5 Å². The Bertz CT molecular complexity index is 657. The average Bonchev–Trinajstić information content (AvgIpc) is 2.60. The number of carbonyl (C=O) groups is 1. The molecule has 0 unspecified atom stereocenters. The van der Waals surface area contributed by atoms with Gasteiger partial charge in [0.05, 0.1) is 12.1 Å². The van der Waals surface area contributed by atoms with Gasteiger partial charge in [-0.05, 0) is 24.6 Å². The Labute approximate surface area is 117 Å². The Hall–Kier alpha value is -2.37. The molecule has 1 aliphatic rings. The van der Waals surface area contributed by atoms with Crippen LogP contribution >= 0.6 is 0 Å². The van der Waals surface area contributed by atoms with E-state index in [9.17, 15) is 4.79 Å². The van der Waals surface area contributed by atoms with Crippen LogP contribution in [0.4, 0.5) is 11.5 Å². The molecule has 1 aromatic heterocycles. The second-order valence-electron chi connectivity index (χ2n) is 5.06. The molecule has 2 heterocycles. The van der Waals surface area contributed by atoms with Crippen molar-refractivity contribution >= 4 is 28.3 Å². The third kappa shape index (κ3) is 2.24. The van der Waals surface area contributed by atoms with Crippen LogP contribution in [0.3, 0.4) is 0 Å². The van der Waals surface area contributed by atoms with Gasteiger partial charge in [0.2, 0.25) is 5.91 Å². The minimum Gasteiger partial charge on any atom is -0.399 e. The molecule has 0 spiro atoms. The van der Waals surface area contributed by atoms with E-state index in [2.05, 4.69) is 9.97 Å². The van der Waals surface area contributed by atoms with Gasteiger partial charge in [-0.2, -0.15) is 0 Å². The number of hydrogen-bond donors (Lipinski definition) is 1. The average molecular weight is 271 g/mol. The maximum atomic E-state index is 12.0. The van der Waals surface area contributed by atoms with E-state index in [4.69, 9.17) is 5.73 Å². The highest BCUT2D eigenvalue weighted by Crippen LogP contribution is 2.25. The van der Waals surface area contributed by atoms with Crippen molar-refractivity contribution < 1.29 is 4.79 Å². The van der Waals surface area contributed by atoms with Crippen LogP contribution in [0, 0.1) is 0 Å². The molecule has 0 saturated carbocycles. The van der Waals surface area contributed by atoms with E-state index < -0.39 is 0 Å². The van der Waals surface area contributed by atoms with Gasteiger partial charge in [-0.25, -0.2) is 9.97 Å². The summed E-state index contributed by atoms with van der Waals surface area (Å²) in [7, 11) is 1.84. The van der Waals surface area contributed by atoms with Crippen LogP contribution in [0.15, 0.2) is 24.5 Å². The second-order valence-corrected chi connectivity index (χ2v) is 5.06. The van der Waals surface area contributed by atoms with Crippen LogP contribution in [0.1, 0.15) is 6.42 Å². The predicted molar refractivity (Wildman–Crippen MR) is 78.4 cm³/mol. The molecule has 2 aromatic rings. The lowest BCUT2D eigenvalue weighted by Crippen LogP contribution is -2.34. The predicted octanol–water partition coefficient (Wildman–Crippen LogP) is 0.880. The van der Waals surface area contributed by atoms with Crippen molar-refractivity contribution in [2.75, 3.05) is 37.3 Å². The summed E-state index contributed by atoms with van der Waals surface area (Å²) in [5.41, 5.74) is 7.26. The minimum absolute atomic E-state index is 0.115.